The zero-order chi connectivity index (χ0) is 16.5. The molecule has 3 aliphatic heterocycles. The molecule has 1 aromatic carbocycles. The van der Waals surface area contributed by atoms with Crippen LogP contribution in [0.15, 0.2) is 50.8 Å². The predicted molar refractivity (Wildman–Crippen MR) is 94.7 cm³/mol. The minimum Gasteiger partial charge on any atom is -0.438 e. The van der Waals surface area contributed by atoms with Crippen molar-refractivity contribution < 1.29 is 9.21 Å². The summed E-state index contributed by atoms with van der Waals surface area (Å²) in [6, 6.07) is 11.5. The van der Waals surface area contributed by atoms with E-state index in [2.05, 4.69) is 10.2 Å². The van der Waals surface area contributed by atoms with Crippen LogP contribution in [0.3, 0.4) is 0 Å². The Hall–Kier alpha value is -1.43. The Morgan fingerprint density at radius 1 is 1.17 bits per heavy atom. The van der Waals surface area contributed by atoms with E-state index in [-0.39, 0.29) is 5.91 Å². The molecule has 1 unspecified atom stereocenters. The molecular weight excluding hydrogens is 344 g/mol. The zero-order valence-electron chi connectivity index (χ0n) is 13.2. The lowest BCUT2D eigenvalue weighted by Gasteiger charge is -2.44. The van der Waals surface area contributed by atoms with Gasteiger partial charge in [-0.2, -0.15) is 0 Å². The maximum absolute atomic E-state index is 12.5. The van der Waals surface area contributed by atoms with Crippen LogP contribution in [0.5, 0.6) is 0 Å². The number of benzene rings is 1. The molecule has 2 bridgehead atoms. The topological polar surface area (TPSA) is 45.5 Å². The summed E-state index contributed by atoms with van der Waals surface area (Å²) in [5.41, 5.74) is 0.702. The van der Waals surface area contributed by atoms with Gasteiger partial charge in [-0.05, 0) is 79.8 Å². The lowest BCUT2D eigenvalue weighted by atomic mass is 9.84. The van der Waals surface area contributed by atoms with Crippen molar-refractivity contribution in [3.05, 3.63) is 47.2 Å². The van der Waals surface area contributed by atoms with Gasteiger partial charge in [0.15, 0.2) is 10.3 Å². The fraction of sp³-hybridized carbons (Fsp3) is 0.389. The van der Waals surface area contributed by atoms with Crippen LogP contribution in [0.1, 0.15) is 23.2 Å². The van der Waals surface area contributed by atoms with E-state index < -0.39 is 0 Å². The Labute approximate surface area is 150 Å². The number of halogens is 1. The highest BCUT2D eigenvalue weighted by Crippen LogP contribution is 2.31. The van der Waals surface area contributed by atoms with Gasteiger partial charge in [0.2, 0.25) is 0 Å². The highest BCUT2D eigenvalue weighted by atomic mass is 35.5. The number of hydrogen-bond acceptors (Lipinski definition) is 4. The molecule has 3 fully saturated rings. The summed E-state index contributed by atoms with van der Waals surface area (Å²) in [6.07, 6.45) is 2.40. The predicted octanol–water partition coefficient (Wildman–Crippen LogP) is 3.91. The molecule has 0 saturated carbocycles. The molecule has 5 rings (SSSR count). The van der Waals surface area contributed by atoms with Gasteiger partial charge in [0.1, 0.15) is 0 Å². The fourth-order valence-electron chi connectivity index (χ4n) is 3.52. The fourth-order valence-corrected chi connectivity index (χ4v) is 4.49. The molecule has 0 radical (unpaired) electrons. The van der Waals surface area contributed by atoms with E-state index in [1.165, 1.54) is 37.7 Å². The van der Waals surface area contributed by atoms with Crippen molar-refractivity contribution in [3.63, 3.8) is 0 Å². The molecule has 4 heterocycles. The Morgan fingerprint density at radius 2 is 1.92 bits per heavy atom. The van der Waals surface area contributed by atoms with Gasteiger partial charge in [-0.3, -0.25) is 4.79 Å². The van der Waals surface area contributed by atoms with Crippen molar-refractivity contribution >= 4 is 29.3 Å². The molecule has 126 valence electrons. The second kappa shape index (κ2) is 6.82. The number of hydrogen-bond donors (Lipinski definition) is 1. The molecule has 1 N–H and O–H groups in total. The molecule has 1 atom stereocenters. The molecule has 24 heavy (non-hydrogen) atoms. The summed E-state index contributed by atoms with van der Waals surface area (Å²) in [5.74, 6) is 0.656. The van der Waals surface area contributed by atoms with Crippen molar-refractivity contribution in [2.75, 3.05) is 19.6 Å². The summed E-state index contributed by atoms with van der Waals surface area (Å²) in [7, 11) is 0. The van der Waals surface area contributed by atoms with Gasteiger partial charge in [-0.15, -0.1) is 0 Å². The number of rotatable bonds is 4. The first kappa shape index (κ1) is 16.1. The first-order valence-corrected chi connectivity index (χ1v) is 9.43. The monoisotopic (exact) mass is 362 g/mol. The Balaban J connectivity index is 1.38. The lowest BCUT2D eigenvalue weighted by Crippen LogP contribution is -2.57. The molecule has 1 aromatic heterocycles. The first-order valence-electron chi connectivity index (χ1n) is 8.24. The van der Waals surface area contributed by atoms with Gasteiger partial charge >= 0.3 is 0 Å². The van der Waals surface area contributed by atoms with Crippen LogP contribution < -0.4 is 5.32 Å². The summed E-state index contributed by atoms with van der Waals surface area (Å²) in [6.45, 7) is 3.35. The Bertz CT molecular complexity index is 723. The third kappa shape index (κ3) is 3.48. The van der Waals surface area contributed by atoms with Gasteiger partial charge in [-0.25, -0.2) is 0 Å². The largest absolute Gasteiger partial charge is 0.438 e. The maximum Gasteiger partial charge on any atom is 0.251 e. The van der Waals surface area contributed by atoms with Crippen LogP contribution in [-0.4, -0.2) is 36.5 Å². The van der Waals surface area contributed by atoms with Gasteiger partial charge in [0.25, 0.3) is 5.91 Å². The van der Waals surface area contributed by atoms with Crippen LogP contribution in [0.2, 0.25) is 5.22 Å². The molecule has 4 nitrogen and oxygen atoms in total. The molecule has 6 heteroatoms. The highest BCUT2D eigenvalue weighted by Gasteiger charge is 2.34. The number of carbonyl (C=O) groups is 1. The number of fused-ring (bicyclic) bond motifs is 3. The van der Waals surface area contributed by atoms with E-state index in [0.717, 1.165) is 16.5 Å². The number of nitrogens with one attached hydrogen (secondary N) is 1. The standard InChI is InChI=1S/C18H19ClN2O2S/c19-16-5-6-17(23-16)24-14-3-1-13(2-4-14)18(22)20-15-11-21-9-7-12(15)8-10-21/h1-6,12,15H,7-11H2,(H,20,22). The van der Waals surface area contributed by atoms with E-state index in [4.69, 9.17) is 16.0 Å². The average molecular weight is 363 g/mol. The highest BCUT2D eigenvalue weighted by molar-refractivity contribution is 7.99. The number of nitrogens with zero attached hydrogens (tertiary/aromatic N) is 1. The molecule has 0 aliphatic carbocycles. The Kier molecular flexibility index (Phi) is 4.57. The van der Waals surface area contributed by atoms with Crippen LogP contribution >= 0.6 is 23.4 Å². The Morgan fingerprint density at radius 3 is 2.50 bits per heavy atom. The summed E-state index contributed by atoms with van der Waals surface area (Å²) in [4.78, 5) is 15.9. The molecule has 2 aromatic rings. The summed E-state index contributed by atoms with van der Waals surface area (Å²) >= 11 is 7.26. The van der Waals surface area contributed by atoms with Crippen LogP contribution in [0.4, 0.5) is 0 Å². The number of furan rings is 1. The molecule has 3 saturated heterocycles. The minimum absolute atomic E-state index is 0.0198. The quantitative estimate of drug-likeness (QED) is 0.895. The molecule has 0 spiro atoms. The van der Waals surface area contributed by atoms with E-state index in [9.17, 15) is 4.79 Å². The van der Waals surface area contributed by atoms with E-state index in [1.807, 2.05) is 30.3 Å². The lowest BCUT2D eigenvalue weighted by molar-refractivity contribution is 0.0620. The maximum atomic E-state index is 12.5. The average Bonchev–Trinajstić information content (AvgIpc) is 3.01. The SMILES string of the molecule is O=C(NC1CN2CCC1CC2)c1ccc(Sc2ccc(Cl)o2)cc1. The van der Waals surface area contributed by atoms with Crippen LogP contribution in [0, 0.1) is 5.92 Å². The van der Waals surface area contributed by atoms with Gasteiger partial charge in [0.05, 0.1) is 0 Å². The van der Waals surface area contributed by atoms with Crippen molar-refractivity contribution in [1.82, 2.24) is 10.2 Å². The number of piperidine rings is 3. The normalized spacial score (nSPS) is 25.6. The number of amides is 1. The van der Waals surface area contributed by atoms with E-state index in [1.54, 1.807) is 6.07 Å². The smallest absolute Gasteiger partial charge is 0.251 e. The van der Waals surface area contributed by atoms with Gasteiger partial charge in [-0.1, -0.05) is 11.8 Å². The molecular formula is C18H19ClN2O2S. The van der Waals surface area contributed by atoms with Crippen molar-refractivity contribution in [1.29, 1.82) is 0 Å². The third-order valence-electron chi connectivity index (χ3n) is 4.86. The van der Waals surface area contributed by atoms with Gasteiger partial charge in [0, 0.05) is 23.0 Å². The van der Waals surface area contributed by atoms with Crippen LogP contribution in [0.25, 0.3) is 0 Å². The zero-order valence-corrected chi connectivity index (χ0v) is 14.8. The van der Waals surface area contributed by atoms with Crippen molar-refractivity contribution in [2.45, 2.75) is 28.9 Å². The second-order valence-corrected chi connectivity index (χ2v) is 7.85. The van der Waals surface area contributed by atoms with Gasteiger partial charge < -0.3 is 14.6 Å². The van der Waals surface area contributed by atoms with Crippen molar-refractivity contribution in [3.8, 4) is 0 Å². The molecule has 1 amide bonds. The molecule has 3 aliphatic rings. The summed E-state index contributed by atoms with van der Waals surface area (Å²) < 4.78 is 5.34. The number of carbonyl (C=O) groups excluding carboxylic acids is 1. The summed E-state index contributed by atoms with van der Waals surface area (Å²) in [5, 5.41) is 4.34. The van der Waals surface area contributed by atoms with Crippen LogP contribution in [-0.2, 0) is 0 Å². The first-order chi connectivity index (χ1) is 11.7. The van der Waals surface area contributed by atoms with Crippen molar-refractivity contribution in [2.24, 2.45) is 5.92 Å². The second-order valence-electron chi connectivity index (χ2n) is 6.40. The van der Waals surface area contributed by atoms with E-state index >= 15 is 0 Å². The minimum atomic E-state index is 0.0198. The van der Waals surface area contributed by atoms with E-state index in [0.29, 0.717) is 22.7 Å². The third-order valence-corrected chi connectivity index (χ3v) is 5.99.